The summed E-state index contributed by atoms with van der Waals surface area (Å²) in [7, 11) is 0. The maximum absolute atomic E-state index is 5.33. The molecule has 16 heavy (non-hydrogen) atoms. The van der Waals surface area contributed by atoms with Crippen molar-refractivity contribution in [1.82, 2.24) is 15.0 Å². The Labute approximate surface area is 101 Å². The lowest BCUT2D eigenvalue weighted by atomic mass is 10.3. The van der Waals surface area contributed by atoms with Crippen molar-refractivity contribution >= 4 is 21.7 Å². The second-order valence-corrected chi connectivity index (χ2v) is 4.05. The molecule has 2 aromatic rings. The summed E-state index contributed by atoms with van der Waals surface area (Å²) in [5.74, 6) is 6.44. The van der Waals surface area contributed by atoms with Gasteiger partial charge < -0.3 is 5.43 Å². The Morgan fingerprint density at radius 2 is 2.19 bits per heavy atom. The highest BCUT2D eigenvalue weighted by molar-refractivity contribution is 9.10. The molecule has 2 aromatic heterocycles. The molecule has 0 unspecified atom stereocenters. The maximum Gasteiger partial charge on any atom is 0.181 e. The Balaban J connectivity index is 2.56. The van der Waals surface area contributed by atoms with Crippen LogP contribution >= 0.6 is 15.9 Å². The zero-order valence-electron chi connectivity index (χ0n) is 8.61. The Bertz CT molecular complexity index is 514. The molecule has 82 valence electrons. The quantitative estimate of drug-likeness (QED) is 0.649. The normalized spacial score (nSPS) is 10.2. The second-order valence-electron chi connectivity index (χ2n) is 3.20. The zero-order chi connectivity index (χ0) is 11.5. The zero-order valence-corrected chi connectivity index (χ0v) is 10.2. The molecule has 0 aliphatic heterocycles. The predicted octanol–water partition coefficient (Wildman–Crippen LogP) is 1.90. The molecule has 0 atom stereocenters. The first kappa shape index (κ1) is 11.0. The molecule has 5 nitrogen and oxygen atoms in total. The number of halogens is 1. The molecule has 0 radical (unpaired) electrons. The van der Waals surface area contributed by atoms with Crippen molar-refractivity contribution in [2.75, 3.05) is 5.43 Å². The number of aromatic nitrogens is 3. The molecule has 0 spiro atoms. The average molecular weight is 280 g/mol. The fourth-order valence-corrected chi connectivity index (χ4v) is 1.73. The number of hydrazine groups is 1. The minimum absolute atomic E-state index is 0.542. The lowest BCUT2D eigenvalue weighted by molar-refractivity contribution is 1.07. The fraction of sp³-hybridized carbons (Fsp3) is 0.100. The van der Waals surface area contributed by atoms with E-state index in [1.165, 1.54) is 0 Å². The topological polar surface area (TPSA) is 76.7 Å². The second kappa shape index (κ2) is 4.54. The van der Waals surface area contributed by atoms with Gasteiger partial charge in [0, 0.05) is 22.4 Å². The highest BCUT2D eigenvalue weighted by Crippen LogP contribution is 2.23. The van der Waals surface area contributed by atoms with Crippen molar-refractivity contribution in [2.45, 2.75) is 6.92 Å². The summed E-state index contributed by atoms with van der Waals surface area (Å²) < 4.78 is 0.851. The van der Waals surface area contributed by atoms with Crippen LogP contribution in [-0.2, 0) is 0 Å². The lowest BCUT2D eigenvalue weighted by Crippen LogP contribution is -2.10. The smallest absolute Gasteiger partial charge is 0.181 e. The van der Waals surface area contributed by atoms with Crippen LogP contribution in [0.1, 0.15) is 5.69 Å². The van der Waals surface area contributed by atoms with Gasteiger partial charge in [-0.2, -0.15) is 0 Å². The van der Waals surface area contributed by atoms with Gasteiger partial charge in [-0.3, -0.25) is 4.98 Å². The van der Waals surface area contributed by atoms with Gasteiger partial charge in [-0.05, 0) is 35.0 Å². The molecular formula is C10H10BrN5. The van der Waals surface area contributed by atoms with Crippen molar-refractivity contribution in [2.24, 2.45) is 5.84 Å². The van der Waals surface area contributed by atoms with Crippen LogP contribution in [0.5, 0.6) is 0 Å². The Morgan fingerprint density at radius 3 is 2.88 bits per heavy atom. The largest absolute Gasteiger partial charge is 0.308 e. The SMILES string of the molecule is Cc1cc(NN)nc(-c2ncccc2Br)n1. The highest BCUT2D eigenvalue weighted by Gasteiger charge is 2.08. The third-order valence-electron chi connectivity index (χ3n) is 1.97. The average Bonchev–Trinajstić information content (AvgIpc) is 2.28. The summed E-state index contributed by atoms with van der Waals surface area (Å²) >= 11 is 3.41. The molecule has 0 aromatic carbocycles. The first-order valence-electron chi connectivity index (χ1n) is 4.64. The Hall–Kier alpha value is -1.53. The molecule has 0 aliphatic rings. The molecule has 3 N–H and O–H groups in total. The van der Waals surface area contributed by atoms with Gasteiger partial charge in [0.05, 0.1) is 0 Å². The summed E-state index contributed by atoms with van der Waals surface area (Å²) in [5.41, 5.74) is 4.03. The van der Waals surface area contributed by atoms with Crippen LogP contribution in [0.4, 0.5) is 5.82 Å². The Morgan fingerprint density at radius 1 is 1.38 bits per heavy atom. The number of nitrogens with two attached hydrogens (primary N) is 1. The third-order valence-corrected chi connectivity index (χ3v) is 2.61. The van der Waals surface area contributed by atoms with Crippen LogP contribution in [0.25, 0.3) is 11.5 Å². The van der Waals surface area contributed by atoms with Crippen LogP contribution in [0.15, 0.2) is 28.9 Å². The summed E-state index contributed by atoms with van der Waals surface area (Å²) in [4.78, 5) is 12.8. The van der Waals surface area contributed by atoms with Gasteiger partial charge in [0.15, 0.2) is 5.82 Å². The van der Waals surface area contributed by atoms with E-state index in [4.69, 9.17) is 5.84 Å². The van der Waals surface area contributed by atoms with E-state index in [0.717, 1.165) is 10.2 Å². The van der Waals surface area contributed by atoms with Crippen LogP contribution in [0.3, 0.4) is 0 Å². The van der Waals surface area contributed by atoms with E-state index >= 15 is 0 Å². The first-order chi connectivity index (χ1) is 7.70. The highest BCUT2D eigenvalue weighted by atomic mass is 79.9. The van der Waals surface area contributed by atoms with Crippen LogP contribution in [0, 0.1) is 6.92 Å². The monoisotopic (exact) mass is 279 g/mol. The molecular weight excluding hydrogens is 270 g/mol. The summed E-state index contributed by atoms with van der Waals surface area (Å²) in [6.07, 6.45) is 1.70. The van der Waals surface area contributed by atoms with Crippen molar-refractivity contribution in [3.8, 4) is 11.5 Å². The molecule has 0 fully saturated rings. The number of hydrogen-bond donors (Lipinski definition) is 2. The summed E-state index contributed by atoms with van der Waals surface area (Å²) in [6.45, 7) is 1.88. The number of aryl methyl sites for hydroxylation is 1. The van der Waals surface area contributed by atoms with Crippen molar-refractivity contribution in [3.63, 3.8) is 0 Å². The summed E-state index contributed by atoms with van der Waals surface area (Å²) in [5, 5.41) is 0. The van der Waals surface area contributed by atoms with Crippen LogP contribution in [0.2, 0.25) is 0 Å². The predicted molar refractivity (Wildman–Crippen MR) is 65.5 cm³/mol. The molecule has 0 bridgehead atoms. The van der Waals surface area contributed by atoms with Gasteiger partial charge in [-0.15, -0.1) is 0 Å². The molecule has 0 amide bonds. The van der Waals surface area contributed by atoms with E-state index in [0.29, 0.717) is 17.3 Å². The molecule has 2 rings (SSSR count). The van der Waals surface area contributed by atoms with Crippen molar-refractivity contribution in [3.05, 3.63) is 34.6 Å². The van der Waals surface area contributed by atoms with Gasteiger partial charge >= 0.3 is 0 Å². The van der Waals surface area contributed by atoms with Crippen molar-refractivity contribution < 1.29 is 0 Å². The van der Waals surface area contributed by atoms with Gasteiger partial charge in [0.2, 0.25) is 0 Å². The van der Waals surface area contributed by atoms with E-state index in [-0.39, 0.29) is 0 Å². The molecule has 2 heterocycles. The van der Waals surface area contributed by atoms with E-state index in [9.17, 15) is 0 Å². The van der Waals surface area contributed by atoms with E-state index in [1.54, 1.807) is 12.3 Å². The van der Waals surface area contributed by atoms with Gasteiger partial charge in [-0.1, -0.05) is 0 Å². The number of nitrogens with zero attached hydrogens (tertiary/aromatic N) is 3. The minimum atomic E-state index is 0.542. The number of rotatable bonds is 2. The number of anilines is 1. The first-order valence-corrected chi connectivity index (χ1v) is 5.43. The van der Waals surface area contributed by atoms with Crippen molar-refractivity contribution in [1.29, 1.82) is 0 Å². The Kier molecular flexibility index (Phi) is 3.12. The van der Waals surface area contributed by atoms with E-state index in [1.807, 2.05) is 19.1 Å². The number of pyridine rings is 1. The number of nitrogens with one attached hydrogen (secondary N) is 1. The summed E-state index contributed by atoms with van der Waals surface area (Å²) in [6, 6.07) is 5.50. The van der Waals surface area contributed by atoms with Gasteiger partial charge in [0.25, 0.3) is 0 Å². The molecule has 0 aliphatic carbocycles. The van der Waals surface area contributed by atoms with Gasteiger partial charge in [0.1, 0.15) is 11.5 Å². The lowest BCUT2D eigenvalue weighted by Gasteiger charge is -2.05. The molecule has 0 saturated carbocycles. The molecule has 0 saturated heterocycles. The molecule has 6 heteroatoms. The van der Waals surface area contributed by atoms with E-state index in [2.05, 4.69) is 36.3 Å². The van der Waals surface area contributed by atoms with Crippen LogP contribution in [-0.4, -0.2) is 15.0 Å². The number of nitrogen functional groups attached to an aromatic ring is 1. The van der Waals surface area contributed by atoms with E-state index < -0.39 is 0 Å². The number of hydrogen-bond acceptors (Lipinski definition) is 5. The maximum atomic E-state index is 5.33. The van der Waals surface area contributed by atoms with Crippen LogP contribution < -0.4 is 11.3 Å². The third kappa shape index (κ3) is 2.17. The standard InChI is InChI=1S/C10H10BrN5/c1-6-5-8(16-12)15-10(14-6)9-7(11)3-2-4-13-9/h2-5H,12H2,1H3,(H,14,15,16). The minimum Gasteiger partial charge on any atom is -0.308 e. The fourth-order valence-electron chi connectivity index (χ4n) is 1.30. The van der Waals surface area contributed by atoms with Gasteiger partial charge in [-0.25, -0.2) is 15.8 Å².